The number of hydrogen-bond acceptors (Lipinski definition) is 7. The van der Waals surface area contributed by atoms with Crippen molar-refractivity contribution in [3.63, 3.8) is 0 Å². The molecule has 38 heavy (non-hydrogen) atoms. The van der Waals surface area contributed by atoms with Crippen LogP contribution in [0.25, 0.3) is 0 Å². The van der Waals surface area contributed by atoms with E-state index in [1.54, 1.807) is 35.7 Å². The van der Waals surface area contributed by atoms with E-state index in [2.05, 4.69) is 12.1 Å². The Labute approximate surface area is 232 Å². The number of ketones is 1. The summed E-state index contributed by atoms with van der Waals surface area (Å²) in [6.07, 6.45) is 1.63. The summed E-state index contributed by atoms with van der Waals surface area (Å²) in [5.41, 5.74) is 1.73. The molecule has 8 heteroatoms. The van der Waals surface area contributed by atoms with E-state index in [4.69, 9.17) is 9.84 Å². The third-order valence-electron chi connectivity index (χ3n) is 5.90. The zero-order valence-electron chi connectivity index (χ0n) is 21.7. The highest BCUT2D eigenvalue weighted by molar-refractivity contribution is 8.02. The first-order chi connectivity index (χ1) is 18.3. The van der Waals surface area contributed by atoms with E-state index < -0.39 is 12.1 Å². The first kappa shape index (κ1) is 29.6. The van der Waals surface area contributed by atoms with Crippen molar-refractivity contribution in [3.05, 3.63) is 77.4 Å². The Hall–Kier alpha value is -2.94. The number of rotatable bonds is 15. The van der Waals surface area contributed by atoms with Crippen LogP contribution >= 0.6 is 23.5 Å². The van der Waals surface area contributed by atoms with Crippen LogP contribution in [0.1, 0.15) is 67.1 Å². The number of carbonyl (C=O) groups excluding carboxylic acids is 1. The number of hydrogen-bond donors (Lipinski definition) is 3. The van der Waals surface area contributed by atoms with Crippen molar-refractivity contribution in [2.45, 2.75) is 66.7 Å². The predicted octanol–water partition coefficient (Wildman–Crippen LogP) is 7.16. The van der Waals surface area contributed by atoms with E-state index in [9.17, 15) is 19.8 Å². The van der Waals surface area contributed by atoms with Crippen LogP contribution in [0, 0.1) is 0 Å². The summed E-state index contributed by atoms with van der Waals surface area (Å²) in [6, 6.07) is 19.2. The largest absolute Gasteiger partial charge is 0.507 e. The number of aromatic hydroxyl groups is 1. The van der Waals surface area contributed by atoms with Crippen LogP contribution in [0.5, 0.6) is 11.5 Å². The normalized spacial score (nSPS) is 11.8. The molecule has 1 atom stereocenters. The number of phenols is 1. The van der Waals surface area contributed by atoms with Gasteiger partial charge in [-0.25, -0.2) is 0 Å². The van der Waals surface area contributed by atoms with Crippen LogP contribution in [0.3, 0.4) is 0 Å². The van der Waals surface area contributed by atoms with Gasteiger partial charge in [-0.05, 0) is 68.1 Å². The van der Waals surface area contributed by atoms with Crippen LogP contribution in [0.4, 0.5) is 0 Å². The lowest BCUT2D eigenvalue weighted by Gasteiger charge is -2.15. The summed E-state index contributed by atoms with van der Waals surface area (Å²) >= 11 is 3.40. The van der Waals surface area contributed by atoms with Crippen molar-refractivity contribution in [1.29, 1.82) is 0 Å². The highest BCUT2D eigenvalue weighted by Crippen LogP contribution is 2.37. The van der Waals surface area contributed by atoms with Crippen LogP contribution < -0.4 is 4.74 Å². The zero-order valence-corrected chi connectivity index (χ0v) is 23.3. The maximum atomic E-state index is 11.8. The molecule has 202 valence electrons. The molecule has 0 aliphatic heterocycles. The highest BCUT2D eigenvalue weighted by Gasteiger charge is 2.16. The average molecular weight is 555 g/mol. The Kier molecular flexibility index (Phi) is 11.6. The van der Waals surface area contributed by atoms with E-state index in [0.717, 1.165) is 33.3 Å². The minimum absolute atomic E-state index is 0.0278. The van der Waals surface area contributed by atoms with Crippen LogP contribution in [-0.4, -0.2) is 39.4 Å². The number of carbonyl (C=O) groups is 2. The zero-order chi connectivity index (χ0) is 27.5. The van der Waals surface area contributed by atoms with Gasteiger partial charge in [-0.3, -0.25) is 9.59 Å². The number of benzene rings is 3. The molecule has 3 rings (SSSR count). The fourth-order valence-electron chi connectivity index (χ4n) is 3.92. The van der Waals surface area contributed by atoms with Gasteiger partial charge < -0.3 is 20.1 Å². The van der Waals surface area contributed by atoms with Gasteiger partial charge in [-0.2, -0.15) is 0 Å². The first-order valence-electron chi connectivity index (χ1n) is 12.7. The number of aliphatic hydroxyl groups excluding tert-OH is 1. The number of ether oxygens (including phenoxy) is 1. The third-order valence-corrected chi connectivity index (χ3v) is 8.27. The number of thioether (sulfide) groups is 1. The molecule has 0 radical (unpaired) electrons. The van der Waals surface area contributed by atoms with E-state index in [-0.39, 0.29) is 24.4 Å². The van der Waals surface area contributed by atoms with Gasteiger partial charge in [0, 0.05) is 32.4 Å². The number of aliphatic hydroxyl groups is 1. The highest BCUT2D eigenvalue weighted by atomic mass is 32.2. The van der Waals surface area contributed by atoms with Crippen molar-refractivity contribution < 1.29 is 29.6 Å². The van der Waals surface area contributed by atoms with Crippen LogP contribution in [0.2, 0.25) is 0 Å². The molecule has 0 aliphatic rings. The molecule has 0 bridgehead atoms. The molecule has 6 nitrogen and oxygen atoms in total. The molecule has 0 saturated heterocycles. The van der Waals surface area contributed by atoms with Gasteiger partial charge in [0.2, 0.25) is 0 Å². The minimum atomic E-state index is -0.916. The Morgan fingerprint density at radius 1 is 1.00 bits per heavy atom. The number of carboxylic acid groups (broad SMARTS) is 1. The molecule has 0 aromatic heterocycles. The molecular formula is C30H34O6S2. The summed E-state index contributed by atoms with van der Waals surface area (Å²) in [6.45, 7) is 3.97. The number of aliphatic carboxylic acids is 1. The fraction of sp³-hybridized carbons (Fsp3) is 0.333. The van der Waals surface area contributed by atoms with Gasteiger partial charge in [0.1, 0.15) is 11.5 Å². The molecule has 3 aromatic rings. The summed E-state index contributed by atoms with van der Waals surface area (Å²) < 4.78 is 5.99. The number of phenolic OH excluding ortho intramolecular Hbond substituents is 1. The van der Waals surface area contributed by atoms with Crippen LogP contribution in [-0.2, 0) is 11.2 Å². The summed E-state index contributed by atoms with van der Waals surface area (Å²) in [5, 5.41) is 29.5. The Morgan fingerprint density at radius 2 is 1.71 bits per heavy atom. The maximum absolute atomic E-state index is 11.8. The van der Waals surface area contributed by atoms with Gasteiger partial charge in [0.25, 0.3) is 0 Å². The second-order valence-corrected chi connectivity index (χ2v) is 11.1. The number of carboxylic acids is 1. The lowest BCUT2D eigenvalue weighted by molar-refractivity contribution is -0.137. The fourth-order valence-corrected chi connectivity index (χ4v) is 5.93. The third kappa shape index (κ3) is 8.55. The van der Waals surface area contributed by atoms with Gasteiger partial charge in [-0.15, -0.1) is 11.8 Å². The molecular weight excluding hydrogens is 520 g/mol. The first-order valence-corrected chi connectivity index (χ1v) is 14.5. The van der Waals surface area contributed by atoms with Gasteiger partial charge in [0.15, 0.2) is 5.78 Å². The van der Waals surface area contributed by atoms with E-state index in [1.165, 1.54) is 6.92 Å². The Balaban J connectivity index is 1.54. The topological polar surface area (TPSA) is 104 Å². The second-order valence-electron chi connectivity index (χ2n) is 8.86. The Bertz CT molecular complexity index is 1230. The second kappa shape index (κ2) is 14.9. The molecule has 0 heterocycles. The average Bonchev–Trinajstić information content (AvgIpc) is 2.90. The van der Waals surface area contributed by atoms with E-state index >= 15 is 0 Å². The maximum Gasteiger partial charge on any atom is 0.303 e. The van der Waals surface area contributed by atoms with Crippen molar-refractivity contribution in [2.75, 3.05) is 12.4 Å². The Morgan fingerprint density at radius 3 is 2.37 bits per heavy atom. The monoisotopic (exact) mass is 554 g/mol. The SMILES string of the molecule is CCCc1c(OCCCSc2ccccc2Sc2ccc(C(O)CCC(=O)O)cc2)ccc(C(C)=O)c1O. The smallest absolute Gasteiger partial charge is 0.303 e. The van der Waals surface area contributed by atoms with Gasteiger partial charge in [-0.1, -0.05) is 49.4 Å². The summed E-state index contributed by atoms with van der Waals surface area (Å²) in [7, 11) is 0. The molecule has 0 amide bonds. The number of Topliss-reactive ketones (excluding diaryl/α,β-unsaturated/α-hetero) is 1. The molecule has 3 aromatic carbocycles. The van der Waals surface area contributed by atoms with Crippen molar-refractivity contribution in [1.82, 2.24) is 0 Å². The van der Waals surface area contributed by atoms with Crippen molar-refractivity contribution in [2.24, 2.45) is 0 Å². The van der Waals surface area contributed by atoms with E-state index in [0.29, 0.717) is 35.5 Å². The predicted molar refractivity (Wildman–Crippen MR) is 152 cm³/mol. The van der Waals surface area contributed by atoms with Gasteiger partial charge in [0.05, 0.1) is 18.3 Å². The molecule has 1 unspecified atom stereocenters. The molecule has 0 fully saturated rings. The van der Waals surface area contributed by atoms with Crippen LogP contribution in [0.15, 0.2) is 75.4 Å². The molecule has 0 saturated carbocycles. The van der Waals surface area contributed by atoms with Gasteiger partial charge >= 0.3 is 5.97 Å². The van der Waals surface area contributed by atoms with Crippen molar-refractivity contribution >= 4 is 35.3 Å². The van der Waals surface area contributed by atoms with Crippen molar-refractivity contribution in [3.8, 4) is 11.5 Å². The van der Waals surface area contributed by atoms with E-state index in [1.807, 2.05) is 43.3 Å². The summed E-state index contributed by atoms with van der Waals surface area (Å²) in [4.78, 5) is 25.8. The minimum Gasteiger partial charge on any atom is -0.507 e. The lowest BCUT2D eigenvalue weighted by atomic mass is 10.0. The quantitative estimate of drug-likeness (QED) is 0.103. The summed E-state index contributed by atoms with van der Waals surface area (Å²) in [5.74, 6) is 0.434. The molecule has 0 aliphatic carbocycles. The molecule has 0 spiro atoms. The lowest BCUT2D eigenvalue weighted by Crippen LogP contribution is -2.04. The standard InChI is InChI=1S/C30H34O6S2/c1-3-7-24-26(16-14-23(20(2)31)30(24)35)36-18-6-19-37-27-8-4-5-9-28(27)38-22-12-10-21(11-13-22)25(32)15-17-29(33)34/h4-5,8-14,16,25,32,35H,3,6-7,15,17-19H2,1-2H3,(H,33,34). The molecule has 3 N–H and O–H groups in total.